The van der Waals surface area contributed by atoms with Gasteiger partial charge in [0.1, 0.15) is 11.3 Å². The van der Waals surface area contributed by atoms with E-state index < -0.39 is 0 Å². The molecule has 0 aliphatic carbocycles. The number of pyridine rings is 1. The van der Waals surface area contributed by atoms with Crippen LogP contribution in [0.2, 0.25) is 0 Å². The lowest BCUT2D eigenvalue weighted by Gasteiger charge is -2.20. The van der Waals surface area contributed by atoms with E-state index >= 15 is 0 Å². The summed E-state index contributed by atoms with van der Waals surface area (Å²) in [5, 5.41) is 3.47. The van der Waals surface area contributed by atoms with E-state index in [0.29, 0.717) is 0 Å². The Kier molecular flexibility index (Phi) is 3.15. The van der Waals surface area contributed by atoms with E-state index in [1.165, 1.54) is 0 Å². The number of nitrogens with one attached hydrogen (secondary N) is 1. The molecule has 0 atom stereocenters. The topological polar surface area (TPSA) is 42.7 Å². The average Bonchev–Trinajstić information content (AvgIpc) is 2.55. The molecule has 2 rings (SSSR count). The Morgan fingerprint density at radius 2 is 2.12 bits per heavy atom. The summed E-state index contributed by atoms with van der Waals surface area (Å²) in [7, 11) is 2.02. The minimum atomic E-state index is 0.156. The Morgan fingerprint density at radius 1 is 1.35 bits per heavy atom. The van der Waals surface area contributed by atoms with E-state index in [-0.39, 0.29) is 5.54 Å². The van der Waals surface area contributed by atoms with Gasteiger partial charge >= 0.3 is 0 Å². The quantitative estimate of drug-likeness (QED) is 0.879. The van der Waals surface area contributed by atoms with Crippen molar-refractivity contribution in [2.45, 2.75) is 32.7 Å². The van der Waals surface area contributed by atoms with E-state index in [1.807, 2.05) is 19.2 Å². The average molecular weight is 232 g/mol. The zero-order chi connectivity index (χ0) is 12.5. The zero-order valence-corrected chi connectivity index (χ0v) is 11.0. The van der Waals surface area contributed by atoms with Gasteiger partial charge in [0.05, 0.1) is 0 Å². The van der Waals surface area contributed by atoms with Gasteiger partial charge in [0.25, 0.3) is 0 Å². The highest BCUT2D eigenvalue weighted by atomic mass is 15.1. The van der Waals surface area contributed by atoms with Gasteiger partial charge in [-0.05, 0) is 32.9 Å². The van der Waals surface area contributed by atoms with E-state index in [4.69, 9.17) is 0 Å². The normalized spacial score (nSPS) is 12.2. The Bertz CT molecular complexity index is 508. The number of hydrogen-bond acceptors (Lipinski definition) is 3. The first kappa shape index (κ1) is 12.0. The Morgan fingerprint density at radius 3 is 2.76 bits per heavy atom. The second-order valence-corrected chi connectivity index (χ2v) is 5.36. The first-order valence-electron chi connectivity index (χ1n) is 5.99. The van der Waals surface area contributed by atoms with Gasteiger partial charge in [-0.25, -0.2) is 9.97 Å². The smallest absolute Gasteiger partial charge is 0.159 e. The van der Waals surface area contributed by atoms with Gasteiger partial charge in [-0.1, -0.05) is 0 Å². The molecule has 2 aromatic rings. The second kappa shape index (κ2) is 4.45. The van der Waals surface area contributed by atoms with Crippen LogP contribution < -0.4 is 5.32 Å². The summed E-state index contributed by atoms with van der Waals surface area (Å²) in [6, 6.07) is 3.93. The van der Waals surface area contributed by atoms with Crippen LogP contribution in [0.5, 0.6) is 0 Å². The highest BCUT2D eigenvalue weighted by molar-refractivity contribution is 5.70. The number of fused-ring (bicyclic) bond motifs is 1. The van der Waals surface area contributed by atoms with Crippen molar-refractivity contribution in [2.75, 3.05) is 6.54 Å². The van der Waals surface area contributed by atoms with Crippen molar-refractivity contribution in [3.8, 4) is 0 Å². The first-order chi connectivity index (χ1) is 7.97. The summed E-state index contributed by atoms with van der Waals surface area (Å²) in [5.41, 5.74) is 2.09. The minimum Gasteiger partial charge on any atom is -0.316 e. The number of hydrogen-bond donors (Lipinski definition) is 1. The predicted octanol–water partition coefficient (Wildman–Crippen LogP) is 1.90. The van der Waals surface area contributed by atoms with E-state index in [1.54, 1.807) is 6.20 Å². The van der Waals surface area contributed by atoms with E-state index in [9.17, 15) is 0 Å². The maximum atomic E-state index is 4.59. The van der Waals surface area contributed by atoms with Gasteiger partial charge in [-0.2, -0.15) is 0 Å². The Hall–Kier alpha value is -1.42. The maximum absolute atomic E-state index is 4.59. The van der Waals surface area contributed by atoms with Gasteiger partial charge in [0.2, 0.25) is 0 Å². The van der Waals surface area contributed by atoms with Crippen LogP contribution in [-0.2, 0) is 13.5 Å². The number of aryl methyl sites for hydroxylation is 1. The lowest BCUT2D eigenvalue weighted by Crippen LogP contribution is -2.37. The van der Waals surface area contributed by atoms with Gasteiger partial charge in [-0.3, -0.25) is 0 Å². The van der Waals surface area contributed by atoms with Crippen LogP contribution in [0.3, 0.4) is 0 Å². The lowest BCUT2D eigenvalue weighted by atomic mass is 10.1. The number of nitrogens with zero attached hydrogens (tertiary/aromatic N) is 3. The van der Waals surface area contributed by atoms with Crippen LogP contribution in [-0.4, -0.2) is 26.6 Å². The van der Waals surface area contributed by atoms with Crippen LogP contribution in [0.1, 0.15) is 26.6 Å². The minimum absolute atomic E-state index is 0.156. The highest BCUT2D eigenvalue weighted by Crippen LogP contribution is 2.11. The second-order valence-electron chi connectivity index (χ2n) is 5.36. The summed E-state index contributed by atoms with van der Waals surface area (Å²) in [6.07, 6.45) is 2.73. The van der Waals surface area contributed by atoms with Gasteiger partial charge in [0, 0.05) is 31.7 Å². The van der Waals surface area contributed by atoms with E-state index in [0.717, 1.165) is 30.0 Å². The van der Waals surface area contributed by atoms with Crippen molar-refractivity contribution in [3.05, 3.63) is 24.2 Å². The monoisotopic (exact) mass is 232 g/mol. The molecule has 0 unspecified atom stereocenters. The number of rotatable bonds is 3. The Balaban J connectivity index is 2.11. The number of aromatic nitrogens is 3. The van der Waals surface area contributed by atoms with Crippen molar-refractivity contribution in [1.82, 2.24) is 19.9 Å². The molecule has 0 radical (unpaired) electrons. The summed E-state index contributed by atoms with van der Waals surface area (Å²) >= 11 is 0. The zero-order valence-electron chi connectivity index (χ0n) is 11.0. The molecule has 17 heavy (non-hydrogen) atoms. The SMILES string of the molecule is Cn1c(CCNC(C)(C)C)nc2cccnc21. The largest absolute Gasteiger partial charge is 0.316 e. The first-order valence-corrected chi connectivity index (χ1v) is 5.99. The molecule has 1 N–H and O–H groups in total. The summed E-state index contributed by atoms with van der Waals surface area (Å²) in [5.74, 6) is 1.08. The van der Waals surface area contributed by atoms with Crippen molar-refractivity contribution in [1.29, 1.82) is 0 Å². The molecular formula is C13H20N4. The molecule has 0 aliphatic rings. The van der Waals surface area contributed by atoms with Gasteiger partial charge in [-0.15, -0.1) is 0 Å². The maximum Gasteiger partial charge on any atom is 0.159 e. The molecular weight excluding hydrogens is 212 g/mol. The lowest BCUT2D eigenvalue weighted by molar-refractivity contribution is 0.426. The molecule has 4 heteroatoms. The third-order valence-electron chi connectivity index (χ3n) is 2.72. The Labute approximate surface area is 102 Å². The molecule has 0 spiro atoms. The van der Waals surface area contributed by atoms with E-state index in [2.05, 4.69) is 40.6 Å². The summed E-state index contributed by atoms with van der Waals surface area (Å²) in [4.78, 5) is 8.93. The van der Waals surface area contributed by atoms with Crippen LogP contribution in [0, 0.1) is 0 Å². The molecule has 4 nitrogen and oxygen atoms in total. The fourth-order valence-electron chi connectivity index (χ4n) is 1.84. The van der Waals surface area contributed by atoms with Crippen molar-refractivity contribution < 1.29 is 0 Å². The molecule has 0 amide bonds. The third kappa shape index (κ3) is 2.82. The van der Waals surface area contributed by atoms with Crippen LogP contribution in [0.25, 0.3) is 11.2 Å². The van der Waals surface area contributed by atoms with Crippen LogP contribution in [0.15, 0.2) is 18.3 Å². The molecule has 0 bridgehead atoms. The standard InChI is InChI=1S/C13H20N4/c1-13(2,3)15-9-7-11-16-10-6-5-8-14-12(10)17(11)4/h5-6,8,15H,7,9H2,1-4H3. The number of imidazole rings is 1. The highest BCUT2D eigenvalue weighted by Gasteiger charge is 2.11. The van der Waals surface area contributed by atoms with Crippen LogP contribution in [0.4, 0.5) is 0 Å². The van der Waals surface area contributed by atoms with Crippen molar-refractivity contribution in [2.24, 2.45) is 7.05 Å². The fourth-order valence-corrected chi connectivity index (χ4v) is 1.84. The molecule has 0 aliphatic heterocycles. The fraction of sp³-hybridized carbons (Fsp3) is 0.538. The van der Waals surface area contributed by atoms with Crippen LogP contribution >= 0.6 is 0 Å². The molecule has 2 aromatic heterocycles. The predicted molar refractivity (Wildman–Crippen MR) is 70.0 cm³/mol. The summed E-state index contributed by atoms with van der Waals surface area (Å²) in [6.45, 7) is 7.44. The van der Waals surface area contributed by atoms with Crippen molar-refractivity contribution in [3.63, 3.8) is 0 Å². The molecule has 0 saturated heterocycles. The van der Waals surface area contributed by atoms with Crippen molar-refractivity contribution >= 4 is 11.2 Å². The van der Waals surface area contributed by atoms with Gasteiger partial charge in [0.15, 0.2) is 5.65 Å². The van der Waals surface area contributed by atoms with Gasteiger partial charge < -0.3 is 9.88 Å². The third-order valence-corrected chi connectivity index (χ3v) is 2.72. The molecule has 92 valence electrons. The molecule has 0 fully saturated rings. The molecule has 0 aromatic carbocycles. The molecule has 2 heterocycles. The summed E-state index contributed by atoms with van der Waals surface area (Å²) < 4.78 is 2.07. The molecule has 0 saturated carbocycles.